The van der Waals surface area contributed by atoms with Gasteiger partial charge in [0, 0.05) is 36.8 Å². The minimum absolute atomic E-state index is 0.254. The molecular formula is C20H18FN3O. The summed E-state index contributed by atoms with van der Waals surface area (Å²) < 4.78 is 18.9. The van der Waals surface area contributed by atoms with E-state index in [0.717, 1.165) is 47.9 Å². The molecular weight excluding hydrogens is 317 g/mol. The molecule has 2 heterocycles. The van der Waals surface area contributed by atoms with Crippen molar-refractivity contribution in [3.05, 3.63) is 77.4 Å². The lowest BCUT2D eigenvalue weighted by atomic mass is 10.1. The van der Waals surface area contributed by atoms with E-state index in [-0.39, 0.29) is 5.82 Å². The highest BCUT2D eigenvalue weighted by atomic mass is 19.1. The lowest BCUT2D eigenvalue weighted by Gasteiger charge is -2.16. The first-order valence-electron chi connectivity index (χ1n) is 8.31. The van der Waals surface area contributed by atoms with Gasteiger partial charge in [0.05, 0.1) is 5.69 Å². The third kappa shape index (κ3) is 3.67. The molecule has 126 valence electrons. The van der Waals surface area contributed by atoms with Crippen molar-refractivity contribution in [2.75, 3.05) is 6.54 Å². The summed E-state index contributed by atoms with van der Waals surface area (Å²) >= 11 is 0. The molecule has 1 N–H and O–H groups in total. The van der Waals surface area contributed by atoms with Crippen molar-refractivity contribution >= 4 is 0 Å². The maximum atomic E-state index is 13.2. The molecule has 4 nitrogen and oxygen atoms in total. The fraction of sp³-hybridized carbons (Fsp3) is 0.200. The van der Waals surface area contributed by atoms with Crippen LogP contribution < -0.4 is 10.1 Å². The molecule has 1 aliphatic rings. The smallest absolute Gasteiger partial charge is 0.159 e. The van der Waals surface area contributed by atoms with Crippen LogP contribution in [-0.4, -0.2) is 16.5 Å². The van der Waals surface area contributed by atoms with Gasteiger partial charge in [0.25, 0.3) is 0 Å². The molecule has 0 aliphatic carbocycles. The van der Waals surface area contributed by atoms with E-state index in [4.69, 9.17) is 4.74 Å². The molecule has 0 fully saturated rings. The van der Waals surface area contributed by atoms with E-state index in [1.165, 1.54) is 17.7 Å². The molecule has 0 bridgehead atoms. The second kappa shape index (κ2) is 6.99. The number of hydrogen-bond donors (Lipinski definition) is 1. The van der Waals surface area contributed by atoms with Crippen LogP contribution >= 0.6 is 0 Å². The molecule has 1 aromatic heterocycles. The van der Waals surface area contributed by atoms with Gasteiger partial charge < -0.3 is 10.1 Å². The molecule has 4 rings (SSSR count). The molecule has 0 atom stereocenters. The van der Waals surface area contributed by atoms with Crippen LogP contribution in [0.3, 0.4) is 0 Å². The van der Waals surface area contributed by atoms with Crippen LogP contribution in [0.4, 0.5) is 4.39 Å². The van der Waals surface area contributed by atoms with E-state index in [1.807, 2.05) is 36.5 Å². The van der Waals surface area contributed by atoms with Crippen molar-refractivity contribution < 1.29 is 9.13 Å². The number of nitrogens with zero attached hydrogens (tertiary/aromatic N) is 2. The van der Waals surface area contributed by atoms with Gasteiger partial charge in [0.15, 0.2) is 5.82 Å². The van der Waals surface area contributed by atoms with Crippen LogP contribution in [0.15, 0.2) is 54.7 Å². The molecule has 0 amide bonds. The normalized spacial score (nSPS) is 13.3. The average molecular weight is 335 g/mol. The van der Waals surface area contributed by atoms with E-state index in [0.29, 0.717) is 6.61 Å². The third-order valence-corrected chi connectivity index (χ3v) is 4.22. The second-order valence-corrected chi connectivity index (χ2v) is 6.04. The largest absolute Gasteiger partial charge is 0.489 e. The fourth-order valence-electron chi connectivity index (χ4n) is 2.87. The van der Waals surface area contributed by atoms with Gasteiger partial charge in [-0.25, -0.2) is 14.4 Å². The van der Waals surface area contributed by atoms with Crippen LogP contribution in [0, 0.1) is 5.82 Å². The Morgan fingerprint density at radius 2 is 2.00 bits per heavy atom. The second-order valence-electron chi connectivity index (χ2n) is 6.04. The van der Waals surface area contributed by atoms with E-state index in [1.54, 1.807) is 6.07 Å². The number of halogens is 1. The minimum atomic E-state index is -0.254. The standard InChI is InChI=1S/C20H18FN3O/c21-17-3-1-2-14(10-17)13-25-18-6-4-15(5-7-18)20-23-12-16-11-22-9-8-19(16)24-20/h1-7,10,12,22H,8-9,11,13H2. The predicted molar refractivity (Wildman–Crippen MR) is 93.6 cm³/mol. The first kappa shape index (κ1) is 15.7. The number of rotatable bonds is 4. The SMILES string of the molecule is Fc1cccc(COc2ccc(-c3ncc4c(n3)CCNC4)cc2)c1. The molecule has 25 heavy (non-hydrogen) atoms. The van der Waals surface area contributed by atoms with Gasteiger partial charge in [-0.15, -0.1) is 0 Å². The molecule has 2 aromatic carbocycles. The average Bonchev–Trinajstić information content (AvgIpc) is 2.66. The molecule has 0 saturated heterocycles. The minimum Gasteiger partial charge on any atom is -0.489 e. The van der Waals surface area contributed by atoms with E-state index < -0.39 is 0 Å². The van der Waals surface area contributed by atoms with Crippen LogP contribution in [0.2, 0.25) is 0 Å². The van der Waals surface area contributed by atoms with Crippen molar-refractivity contribution in [1.29, 1.82) is 0 Å². The third-order valence-electron chi connectivity index (χ3n) is 4.22. The number of nitrogens with one attached hydrogen (secondary N) is 1. The highest BCUT2D eigenvalue weighted by Crippen LogP contribution is 2.22. The van der Waals surface area contributed by atoms with Crippen molar-refractivity contribution in [2.24, 2.45) is 0 Å². The monoisotopic (exact) mass is 335 g/mol. The van der Waals surface area contributed by atoms with Crippen LogP contribution in [-0.2, 0) is 19.6 Å². The highest BCUT2D eigenvalue weighted by Gasteiger charge is 2.12. The maximum absolute atomic E-state index is 13.2. The van der Waals surface area contributed by atoms with Crippen LogP contribution in [0.1, 0.15) is 16.8 Å². The van der Waals surface area contributed by atoms with E-state index >= 15 is 0 Å². The molecule has 0 unspecified atom stereocenters. The van der Waals surface area contributed by atoms with Crippen molar-refractivity contribution in [1.82, 2.24) is 15.3 Å². The van der Waals surface area contributed by atoms with Crippen LogP contribution in [0.5, 0.6) is 5.75 Å². The summed E-state index contributed by atoms with van der Waals surface area (Å²) in [6.45, 7) is 2.12. The Hall–Kier alpha value is -2.79. The van der Waals surface area contributed by atoms with Crippen molar-refractivity contribution in [3.63, 3.8) is 0 Å². The number of aromatic nitrogens is 2. The fourth-order valence-corrected chi connectivity index (χ4v) is 2.87. The van der Waals surface area contributed by atoms with Gasteiger partial charge in [0.2, 0.25) is 0 Å². The lowest BCUT2D eigenvalue weighted by molar-refractivity contribution is 0.305. The molecule has 3 aromatic rings. The Morgan fingerprint density at radius 1 is 1.12 bits per heavy atom. The Bertz CT molecular complexity index is 880. The summed E-state index contributed by atoms with van der Waals surface area (Å²) in [4.78, 5) is 9.14. The molecule has 0 saturated carbocycles. The van der Waals surface area contributed by atoms with Crippen LogP contribution in [0.25, 0.3) is 11.4 Å². The van der Waals surface area contributed by atoms with Gasteiger partial charge in [-0.3, -0.25) is 0 Å². The van der Waals surface area contributed by atoms with Gasteiger partial charge in [0.1, 0.15) is 18.2 Å². The molecule has 0 radical (unpaired) electrons. The maximum Gasteiger partial charge on any atom is 0.159 e. The zero-order valence-electron chi connectivity index (χ0n) is 13.7. The van der Waals surface area contributed by atoms with Crippen molar-refractivity contribution in [3.8, 4) is 17.1 Å². The highest BCUT2D eigenvalue weighted by molar-refractivity contribution is 5.56. The number of fused-ring (bicyclic) bond motifs is 1. The van der Waals surface area contributed by atoms with E-state index in [2.05, 4.69) is 15.3 Å². The number of ether oxygens (including phenoxy) is 1. The summed E-state index contributed by atoms with van der Waals surface area (Å²) in [7, 11) is 0. The van der Waals surface area contributed by atoms with Gasteiger partial charge in [-0.1, -0.05) is 12.1 Å². The molecule has 0 spiro atoms. The molecule has 5 heteroatoms. The lowest BCUT2D eigenvalue weighted by Crippen LogP contribution is -2.24. The molecule has 1 aliphatic heterocycles. The number of benzene rings is 2. The quantitative estimate of drug-likeness (QED) is 0.793. The Morgan fingerprint density at radius 3 is 2.84 bits per heavy atom. The Labute approximate surface area is 145 Å². The van der Waals surface area contributed by atoms with Gasteiger partial charge in [-0.2, -0.15) is 0 Å². The Kier molecular flexibility index (Phi) is 4.39. The summed E-state index contributed by atoms with van der Waals surface area (Å²) in [5, 5.41) is 3.32. The van der Waals surface area contributed by atoms with Gasteiger partial charge >= 0.3 is 0 Å². The zero-order chi connectivity index (χ0) is 17.1. The summed E-state index contributed by atoms with van der Waals surface area (Å²) in [6, 6.07) is 14.1. The summed E-state index contributed by atoms with van der Waals surface area (Å²) in [6.07, 6.45) is 2.83. The van der Waals surface area contributed by atoms with Gasteiger partial charge in [-0.05, 0) is 42.0 Å². The summed E-state index contributed by atoms with van der Waals surface area (Å²) in [5.74, 6) is 1.21. The number of hydrogen-bond acceptors (Lipinski definition) is 4. The first-order chi connectivity index (χ1) is 12.3. The van der Waals surface area contributed by atoms with Crippen molar-refractivity contribution in [2.45, 2.75) is 19.6 Å². The zero-order valence-corrected chi connectivity index (χ0v) is 13.7. The van der Waals surface area contributed by atoms with E-state index in [9.17, 15) is 4.39 Å². The summed E-state index contributed by atoms with van der Waals surface area (Å²) in [5.41, 5.74) is 4.05. The topological polar surface area (TPSA) is 47.0 Å². The Balaban J connectivity index is 1.46. The predicted octanol–water partition coefficient (Wildman–Crippen LogP) is 3.51. The first-order valence-corrected chi connectivity index (χ1v) is 8.31.